The van der Waals surface area contributed by atoms with Crippen LogP contribution in [0, 0.1) is 11.3 Å². The average Bonchev–Trinajstić information content (AvgIpc) is 3.25. The zero-order valence-electron chi connectivity index (χ0n) is 16.9. The van der Waals surface area contributed by atoms with Crippen molar-refractivity contribution in [2.45, 2.75) is 25.1 Å². The lowest BCUT2D eigenvalue weighted by atomic mass is 9.98. The smallest absolute Gasteiger partial charge is 0.252 e. The second kappa shape index (κ2) is 8.50. The molecule has 1 aromatic heterocycles. The van der Waals surface area contributed by atoms with E-state index in [9.17, 15) is 9.59 Å². The zero-order valence-corrected chi connectivity index (χ0v) is 17.7. The van der Waals surface area contributed by atoms with E-state index in [2.05, 4.69) is 28.2 Å². The molecule has 1 N–H and O–H groups in total. The number of anilines is 1. The molecule has 0 radical (unpaired) electrons. The molecule has 3 atom stereocenters. The number of methoxy groups -OCH3 is 1. The number of pyridine rings is 1. The number of fused-ring (bicyclic) bond motifs is 1. The van der Waals surface area contributed by atoms with Crippen LogP contribution in [0.2, 0.25) is 0 Å². The third-order valence-corrected chi connectivity index (χ3v) is 6.77. The van der Waals surface area contributed by atoms with Crippen LogP contribution in [0.5, 0.6) is 0 Å². The van der Waals surface area contributed by atoms with E-state index in [4.69, 9.17) is 10.00 Å². The minimum absolute atomic E-state index is 0.139. The number of benzene rings is 1. The monoisotopic (exact) mass is 425 g/mol. The molecule has 0 saturated carbocycles. The fraction of sp³-hybridized carbons (Fsp3) is 0.429. The number of nitriles is 1. The van der Waals surface area contributed by atoms with Crippen molar-refractivity contribution in [3.63, 3.8) is 0 Å². The molecular formula is C21H23N5O3S. The number of amides is 2. The van der Waals surface area contributed by atoms with Gasteiger partial charge in [-0.15, -0.1) is 11.8 Å². The Bertz CT molecular complexity index is 1020. The summed E-state index contributed by atoms with van der Waals surface area (Å²) < 4.78 is 5.44. The van der Waals surface area contributed by atoms with Crippen molar-refractivity contribution in [1.29, 1.82) is 5.26 Å². The van der Waals surface area contributed by atoms with Crippen LogP contribution in [-0.2, 0) is 9.53 Å². The molecule has 1 aromatic carbocycles. The number of rotatable bonds is 5. The maximum atomic E-state index is 12.8. The van der Waals surface area contributed by atoms with Crippen LogP contribution in [0.3, 0.4) is 0 Å². The van der Waals surface area contributed by atoms with Crippen LogP contribution in [0.1, 0.15) is 17.3 Å². The Morgan fingerprint density at radius 1 is 1.40 bits per heavy atom. The predicted molar refractivity (Wildman–Crippen MR) is 115 cm³/mol. The average molecular weight is 426 g/mol. The maximum absolute atomic E-state index is 12.8. The standard InChI is InChI=1S/C21H23N5O3S/c1-13-19(29-2)10-25(13)14-3-4-18-17(7-14)16(5-6-23-18)21(28)24-9-20(27)26-12-30-11-15(26)8-22/h3-7,13,15,19H,9-12H2,1-2H3,(H,24,28)/t13-,15+,19?/m0/s1. The van der Waals surface area contributed by atoms with Crippen LogP contribution in [0.25, 0.3) is 10.9 Å². The number of thioether (sulfide) groups is 1. The Labute approximate surface area is 179 Å². The lowest BCUT2D eigenvalue weighted by Crippen LogP contribution is -2.59. The molecule has 2 fully saturated rings. The molecule has 4 rings (SSSR count). The lowest BCUT2D eigenvalue weighted by molar-refractivity contribution is -0.129. The number of carbonyl (C=O) groups is 2. The highest BCUT2D eigenvalue weighted by atomic mass is 32.2. The fourth-order valence-corrected chi connectivity index (χ4v) is 4.95. The largest absolute Gasteiger partial charge is 0.377 e. The molecule has 2 aromatic rings. The zero-order chi connectivity index (χ0) is 21.3. The third-order valence-electron chi connectivity index (χ3n) is 5.76. The highest BCUT2D eigenvalue weighted by Crippen LogP contribution is 2.31. The van der Waals surface area contributed by atoms with Crippen molar-refractivity contribution in [3.8, 4) is 6.07 Å². The summed E-state index contributed by atoms with van der Waals surface area (Å²) in [5.74, 6) is 0.497. The van der Waals surface area contributed by atoms with E-state index in [1.165, 1.54) is 16.7 Å². The van der Waals surface area contributed by atoms with Crippen molar-refractivity contribution >= 4 is 40.2 Å². The van der Waals surface area contributed by atoms with Crippen LogP contribution >= 0.6 is 11.8 Å². The summed E-state index contributed by atoms with van der Waals surface area (Å²) in [4.78, 5) is 33.3. The maximum Gasteiger partial charge on any atom is 0.252 e. The summed E-state index contributed by atoms with van der Waals surface area (Å²) in [5.41, 5.74) is 2.20. The van der Waals surface area contributed by atoms with Crippen molar-refractivity contribution in [2.24, 2.45) is 0 Å². The molecular weight excluding hydrogens is 402 g/mol. The highest BCUT2D eigenvalue weighted by Gasteiger charge is 2.35. The molecule has 0 bridgehead atoms. The van der Waals surface area contributed by atoms with Crippen molar-refractivity contribution < 1.29 is 14.3 Å². The number of carbonyl (C=O) groups excluding carboxylic acids is 2. The summed E-state index contributed by atoms with van der Waals surface area (Å²) in [6, 6.07) is 9.47. The van der Waals surface area contributed by atoms with Crippen molar-refractivity contribution in [2.75, 3.05) is 36.7 Å². The first kappa shape index (κ1) is 20.4. The summed E-state index contributed by atoms with van der Waals surface area (Å²) in [6.07, 6.45) is 1.79. The SMILES string of the molecule is COC1CN(c2ccc3nccc(C(=O)NCC(=O)N4CSC[C@H]4C#N)c3c2)[C@H]1C. The van der Waals surface area contributed by atoms with Gasteiger partial charge in [0, 0.05) is 36.7 Å². The molecule has 8 nitrogen and oxygen atoms in total. The van der Waals surface area contributed by atoms with Gasteiger partial charge in [-0.3, -0.25) is 14.6 Å². The van der Waals surface area contributed by atoms with Crippen molar-refractivity contribution in [3.05, 3.63) is 36.0 Å². The van der Waals surface area contributed by atoms with E-state index in [-0.39, 0.29) is 30.5 Å². The second-order valence-corrected chi connectivity index (χ2v) is 8.42. The normalized spacial score (nSPS) is 23.2. The Morgan fingerprint density at radius 3 is 2.97 bits per heavy atom. The minimum Gasteiger partial charge on any atom is -0.377 e. The lowest BCUT2D eigenvalue weighted by Gasteiger charge is -2.47. The van der Waals surface area contributed by atoms with Crippen LogP contribution in [0.15, 0.2) is 30.5 Å². The third kappa shape index (κ3) is 3.68. The van der Waals surface area contributed by atoms with E-state index in [1.807, 2.05) is 18.2 Å². The molecule has 0 aliphatic carbocycles. The van der Waals surface area contributed by atoms with Crippen LogP contribution in [0.4, 0.5) is 5.69 Å². The van der Waals surface area contributed by atoms with Gasteiger partial charge in [-0.25, -0.2) is 0 Å². The van der Waals surface area contributed by atoms with Gasteiger partial charge >= 0.3 is 0 Å². The van der Waals surface area contributed by atoms with E-state index < -0.39 is 6.04 Å². The van der Waals surface area contributed by atoms with E-state index in [1.54, 1.807) is 19.4 Å². The van der Waals surface area contributed by atoms with E-state index >= 15 is 0 Å². The van der Waals surface area contributed by atoms with Crippen molar-refractivity contribution in [1.82, 2.24) is 15.2 Å². The Balaban J connectivity index is 1.50. The van der Waals surface area contributed by atoms with Crippen LogP contribution < -0.4 is 10.2 Å². The van der Waals surface area contributed by atoms with Gasteiger partial charge < -0.3 is 19.9 Å². The molecule has 30 heavy (non-hydrogen) atoms. The molecule has 9 heteroatoms. The quantitative estimate of drug-likeness (QED) is 0.777. The molecule has 1 unspecified atom stereocenters. The molecule has 2 aliphatic heterocycles. The Hall–Kier alpha value is -2.83. The Kier molecular flexibility index (Phi) is 5.79. The first-order chi connectivity index (χ1) is 14.5. The van der Waals surface area contributed by atoms with Crippen LogP contribution in [-0.4, -0.2) is 71.7 Å². The van der Waals surface area contributed by atoms with E-state index in [0.29, 0.717) is 17.2 Å². The Morgan fingerprint density at radius 2 is 2.23 bits per heavy atom. The van der Waals surface area contributed by atoms with Gasteiger partial charge in [-0.2, -0.15) is 5.26 Å². The van der Waals surface area contributed by atoms with Gasteiger partial charge in [0.1, 0.15) is 6.04 Å². The number of nitrogens with one attached hydrogen (secondary N) is 1. The molecule has 3 heterocycles. The minimum atomic E-state index is -0.432. The highest BCUT2D eigenvalue weighted by molar-refractivity contribution is 7.99. The van der Waals surface area contributed by atoms with E-state index in [0.717, 1.165) is 23.1 Å². The number of hydrogen-bond acceptors (Lipinski definition) is 7. The first-order valence-electron chi connectivity index (χ1n) is 9.76. The molecule has 2 aliphatic rings. The van der Waals surface area contributed by atoms with Gasteiger partial charge in [0.15, 0.2) is 0 Å². The van der Waals surface area contributed by atoms with Gasteiger partial charge in [0.05, 0.1) is 41.7 Å². The predicted octanol–water partition coefficient (Wildman–Crippen LogP) is 1.61. The van der Waals surface area contributed by atoms with Gasteiger partial charge in [0.25, 0.3) is 5.91 Å². The molecule has 156 valence electrons. The summed E-state index contributed by atoms with van der Waals surface area (Å²) >= 11 is 1.54. The van der Waals surface area contributed by atoms with Gasteiger partial charge in [0.2, 0.25) is 5.91 Å². The topological polar surface area (TPSA) is 98.6 Å². The van der Waals surface area contributed by atoms with Gasteiger partial charge in [-0.05, 0) is 31.2 Å². The number of nitrogens with zero attached hydrogens (tertiary/aromatic N) is 4. The molecule has 0 spiro atoms. The summed E-state index contributed by atoms with van der Waals surface area (Å²) in [7, 11) is 1.71. The fourth-order valence-electron chi connectivity index (χ4n) is 3.85. The summed E-state index contributed by atoms with van der Waals surface area (Å²) in [6.45, 7) is 2.77. The van der Waals surface area contributed by atoms with Gasteiger partial charge in [-0.1, -0.05) is 0 Å². The number of aromatic nitrogens is 1. The molecule has 2 saturated heterocycles. The number of hydrogen-bond donors (Lipinski definition) is 1. The number of ether oxygens (including phenoxy) is 1. The second-order valence-electron chi connectivity index (χ2n) is 7.42. The summed E-state index contributed by atoms with van der Waals surface area (Å²) in [5, 5.41) is 12.6. The molecule has 2 amide bonds. The first-order valence-corrected chi connectivity index (χ1v) is 10.9.